The standard InChI is InChI=1S/C18H24N2O2/c1-13-11-17(20(19-13)16-7-9-22-10-8-16)14-5-4-6-15(12-14)18(2,3)21/h4-6,11-12,16,21H,7-10H2,1-3H3. The molecular weight excluding hydrogens is 276 g/mol. The van der Waals surface area contributed by atoms with Crippen molar-refractivity contribution in [2.75, 3.05) is 13.2 Å². The summed E-state index contributed by atoms with van der Waals surface area (Å²) in [4.78, 5) is 0. The number of aliphatic hydroxyl groups is 1. The van der Waals surface area contributed by atoms with Crippen LogP contribution in [-0.4, -0.2) is 28.1 Å². The van der Waals surface area contributed by atoms with Crippen LogP contribution in [0.2, 0.25) is 0 Å². The summed E-state index contributed by atoms with van der Waals surface area (Å²) in [5.41, 5.74) is 3.33. The van der Waals surface area contributed by atoms with Gasteiger partial charge in [0.25, 0.3) is 0 Å². The van der Waals surface area contributed by atoms with E-state index >= 15 is 0 Å². The Hall–Kier alpha value is -1.65. The van der Waals surface area contributed by atoms with Crippen molar-refractivity contribution >= 4 is 0 Å². The number of ether oxygens (including phenoxy) is 1. The maximum atomic E-state index is 10.2. The van der Waals surface area contributed by atoms with Gasteiger partial charge in [0.2, 0.25) is 0 Å². The molecule has 2 heterocycles. The summed E-state index contributed by atoms with van der Waals surface area (Å²) in [6.45, 7) is 7.25. The lowest BCUT2D eigenvalue weighted by Gasteiger charge is -2.25. The lowest BCUT2D eigenvalue weighted by molar-refractivity contribution is 0.0666. The second-order valence-electron chi connectivity index (χ2n) is 6.60. The summed E-state index contributed by atoms with van der Waals surface area (Å²) in [6.07, 6.45) is 2.00. The fraction of sp³-hybridized carbons (Fsp3) is 0.500. The van der Waals surface area contributed by atoms with Gasteiger partial charge in [-0.25, -0.2) is 0 Å². The van der Waals surface area contributed by atoms with Crippen LogP contribution < -0.4 is 0 Å². The summed E-state index contributed by atoms with van der Waals surface area (Å²) in [5.74, 6) is 0. The maximum absolute atomic E-state index is 10.2. The molecule has 4 nitrogen and oxygen atoms in total. The largest absolute Gasteiger partial charge is 0.386 e. The van der Waals surface area contributed by atoms with E-state index in [9.17, 15) is 5.11 Å². The average Bonchev–Trinajstić information content (AvgIpc) is 2.89. The van der Waals surface area contributed by atoms with Crippen LogP contribution in [0.15, 0.2) is 30.3 Å². The van der Waals surface area contributed by atoms with Gasteiger partial charge in [0, 0.05) is 18.8 Å². The number of aromatic nitrogens is 2. The van der Waals surface area contributed by atoms with E-state index in [0.717, 1.165) is 48.6 Å². The van der Waals surface area contributed by atoms with Crippen LogP contribution in [0.3, 0.4) is 0 Å². The summed E-state index contributed by atoms with van der Waals surface area (Å²) >= 11 is 0. The zero-order chi connectivity index (χ0) is 15.7. The second-order valence-corrected chi connectivity index (χ2v) is 6.60. The Morgan fingerprint density at radius 3 is 2.64 bits per heavy atom. The van der Waals surface area contributed by atoms with Crippen LogP contribution in [0.4, 0.5) is 0 Å². The van der Waals surface area contributed by atoms with Gasteiger partial charge in [0.05, 0.1) is 23.0 Å². The number of hydrogen-bond donors (Lipinski definition) is 1. The lowest BCUT2D eigenvalue weighted by atomic mass is 9.95. The van der Waals surface area contributed by atoms with Crippen LogP contribution in [0, 0.1) is 6.92 Å². The topological polar surface area (TPSA) is 47.3 Å². The van der Waals surface area contributed by atoms with Crippen molar-refractivity contribution in [3.8, 4) is 11.3 Å². The van der Waals surface area contributed by atoms with Gasteiger partial charge in [-0.05, 0) is 51.3 Å². The van der Waals surface area contributed by atoms with Gasteiger partial charge in [-0.2, -0.15) is 5.10 Å². The molecule has 0 radical (unpaired) electrons. The highest BCUT2D eigenvalue weighted by molar-refractivity contribution is 5.61. The van der Waals surface area contributed by atoms with E-state index in [0.29, 0.717) is 6.04 Å². The predicted molar refractivity (Wildman–Crippen MR) is 86.7 cm³/mol. The smallest absolute Gasteiger partial charge is 0.0840 e. The number of benzene rings is 1. The minimum absolute atomic E-state index is 0.392. The fourth-order valence-corrected chi connectivity index (χ4v) is 3.00. The maximum Gasteiger partial charge on any atom is 0.0840 e. The first kappa shape index (κ1) is 15.3. The van der Waals surface area contributed by atoms with Gasteiger partial charge < -0.3 is 9.84 Å². The minimum atomic E-state index is -0.839. The summed E-state index contributed by atoms with van der Waals surface area (Å²) in [5, 5.41) is 14.9. The van der Waals surface area contributed by atoms with Crippen molar-refractivity contribution in [3.05, 3.63) is 41.6 Å². The summed E-state index contributed by atoms with van der Waals surface area (Å²) in [6, 6.07) is 10.6. The minimum Gasteiger partial charge on any atom is -0.386 e. The van der Waals surface area contributed by atoms with Crippen molar-refractivity contribution in [3.63, 3.8) is 0 Å². The molecule has 0 bridgehead atoms. The molecule has 1 fully saturated rings. The molecule has 0 aliphatic carbocycles. The van der Waals surface area contributed by atoms with Crippen molar-refractivity contribution < 1.29 is 9.84 Å². The summed E-state index contributed by atoms with van der Waals surface area (Å²) < 4.78 is 7.60. The molecule has 4 heteroatoms. The molecule has 2 aromatic rings. The Morgan fingerprint density at radius 2 is 1.95 bits per heavy atom. The second kappa shape index (κ2) is 5.86. The molecule has 1 N–H and O–H groups in total. The molecule has 1 aromatic heterocycles. The third-order valence-corrected chi connectivity index (χ3v) is 4.26. The molecule has 1 saturated heterocycles. The van der Waals surface area contributed by atoms with E-state index in [1.165, 1.54) is 0 Å². The van der Waals surface area contributed by atoms with Crippen molar-refractivity contribution in [2.45, 2.75) is 45.3 Å². The molecule has 1 aromatic carbocycles. The van der Waals surface area contributed by atoms with Crippen molar-refractivity contribution in [1.29, 1.82) is 0 Å². The number of aryl methyl sites for hydroxylation is 1. The van der Waals surface area contributed by atoms with Gasteiger partial charge in [-0.3, -0.25) is 4.68 Å². The Labute approximate surface area is 131 Å². The Morgan fingerprint density at radius 1 is 1.23 bits per heavy atom. The highest BCUT2D eigenvalue weighted by Gasteiger charge is 2.22. The zero-order valence-corrected chi connectivity index (χ0v) is 13.5. The van der Waals surface area contributed by atoms with Gasteiger partial charge in [0.15, 0.2) is 0 Å². The first-order valence-electron chi connectivity index (χ1n) is 7.92. The van der Waals surface area contributed by atoms with E-state index in [1.807, 2.05) is 32.9 Å². The molecule has 0 atom stereocenters. The number of rotatable bonds is 3. The van der Waals surface area contributed by atoms with E-state index < -0.39 is 5.60 Å². The fourth-order valence-electron chi connectivity index (χ4n) is 3.00. The normalized spacial score (nSPS) is 16.9. The first-order chi connectivity index (χ1) is 10.4. The van der Waals surface area contributed by atoms with Gasteiger partial charge in [0.1, 0.15) is 0 Å². The van der Waals surface area contributed by atoms with E-state index in [-0.39, 0.29) is 0 Å². The summed E-state index contributed by atoms with van der Waals surface area (Å²) in [7, 11) is 0. The lowest BCUT2D eigenvalue weighted by Crippen LogP contribution is -2.21. The van der Waals surface area contributed by atoms with Crippen LogP contribution in [0.1, 0.15) is 44.0 Å². The molecule has 1 aliphatic rings. The molecule has 1 aliphatic heterocycles. The van der Waals surface area contributed by atoms with Crippen LogP contribution in [-0.2, 0) is 10.3 Å². The molecule has 0 amide bonds. The highest BCUT2D eigenvalue weighted by Crippen LogP contribution is 2.31. The van der Waals surface area contributed by atoms with Gasteiger partial charge >= 0.3 is 0 Å². The number of hydrogen-bond acceptors (Lipinski definition) is 3. The average molecular weight is 300 g/mol. The first-order valence-corrected chi connectivity index (χ1v) is 7.92. The molecule has 22 heavy (non-hydrogen) atoms. The Bertz CT molecular complexity index is 649. The van der Waals surface area contributed by atoms with Crippen molar-refractivity contribution in [2.24, 2.45) is 0 Å². The van der Waals surface area contributed by atoms with E-state index in [1.54, 1.807) is 0 Å². The molecule has 3 rings (SSSR count). The monoisotopic (exact) mass is 300 g/mol. The molecule has 0 unspecified atom stereocenters. The van der Waals surface area contributed by atoms with Crippen molar-refractivity contribution in [1.82, 2.24) is 9.78 Å². The van der Waals surface area contributed by atoms with E-state index in [2.05, 4.69) is 22.9 Å². The third-order valence-electron chi connectivity index (χ3n) is 4.26. The Kier molecular flexibility index (Phi) is 4.06. The van der Waals surface area contributed by atoms with Crippen LogP contribution in [0.5, 0.6) is 0 Å². The number of nitrogens with zero attached hydrogens (tertiary/aromatic N) is 2. The third kappa shape index (κ3) is 3.08. The van der Waals surface area contributed by atoms with Gasteiger partial charge in [-0.15, -0.1) is 0 Å². The molecular formula is C18H24N2O2. The van der Waals surface area contributed by atoms with Gasteiger partial charge in [-0.1, -0.05) is 18.2 Å². The molecule has 0 spiro atoms. The Balaban J connectivity index is 2.01. The molecule has 0 saturated carbocycles. The van der Waals surface area contributed by atoms with E-state index in [4.69, 9.17) is 9.84 Å². The highest BCUT2D eigenvalue weighted by atomic mass is 16.5. The molecule has 118 valence electrons. The van der Waals surface area contributed by atoms with Crippen LogP contribution >= 0.6 is 0 Å². The zero-order valence-electron chi connectivity index (χ0n) is 13.5. The van der Waals surface area contributed by atoms with Crippen LogP contribution in [0.25, 0.3) is 11.3 Å². The quantitative estimate of drug-likeness (QED) is 0.944. The predicted octanol–water partition coefficient (Wildman–Crippen LogP) is 3.44. The SMILES string of the molecule is Cc1cc(-c2cccc(C(C)(C)O)c2)n(C2CCOCC2)n1.